The Morgan fingerprint density at radius 1 is 1.10 bits per heavy atom. The third-order valence-electron chi connectivity index (χ3n) is 3.91. The molecule has 0 heterocycles. The monoisotopic (exact) mass is 397 g/mol. The summed E-state index contributed by atoms with van der Waals surface area (Å²) in [5.74, 6) is 0.952. The van der Waals surface area contributed by atoms with Crippen molar-refractivity contribution in [1.29, 1.82) is 0 Å². The van der Waals surface area contributed by atoms with Crippen molar-refractivity contribution >= 4 is 29.9 Å². The maximum atomic E-state index is 5.54. The van der Waals surface area contributed by atoms with Crippen LogP contribution in [0.3, 0.4) is 0 Å². The molecular formula is C15H32IN3O. The molecule has 0 saturated heterocycles. The maximum Gasteiger partial charge on any atom is 0.191 e. The molecule has 1 fully saturated rings. The SMILES string of the molecule is CCNC(=NCC1(CCOCC)CCCC1)NCC.I. The molecule has 0 unspecified atom stereocenters. The van der Waals surface area contributed by atoms with Crippen LogP contribution in [0.1, 0.15) is 52.9 Å². The number of nitrogens with zero attached hydrogens (tertiary/aromatic N) is 1. The summed E-state index contributed by atoms with van der Waals surface area (Å²) in [5.41, 5.74) is 0.380. The van der Waals surface area contributed by atoms with E-state index in [4.69, 9.17) is 9.73 Å². The summed E-state index contributed by atoms with van der Waals surface area (Å²) in [6.45, 7) is 10.7. The highest BCUT2D eigenvalue weighted by atomic mass is 127. The van der Waals surface area contributed by atoms with Gasteiger partial charge < -0.3 is 15.4 Å². The van der Waals surface area contributed by atoms with Crippen LogP contribution in [0.4, 0.5) is 0 Å². The Morgan fingerprint density at radius 2 is 1.70 bits per heavy atom. The van der Waals surface area contributed by atoms with Crippen LogP contribution in [0.5, 0.6) is 0 Å². The predicted octanol–water partition coefficient (Wildman–Crippen LogP) is 3.17. The lowest BCUT2D eigenvalue weighted by molar-refractivity contribution is 0.107. The first-order valence-corrected chi connectivity index (χ1v) is 7.86. The molecule has 1 saturated carbocycles. The average molecular weight is 397 g/mol. The molecule has 0 aromatic rings. The fourth-order valence-electron chi connectivity index (χ4n) is 2.80. The van der Waals surface area contributed by atoms with Gasteiger partial charge in [0.15, 0.2) is 5.96 Å². The third-order valence-corrected chi connectivity index (χ3v) is 3.91. The lowest BCUT2D eigenvalue weighted by Gasteiger charge is -2.27. The molecule has 20 heavy (non-hydrogen) atoms. The van der Waals surface area contributed by atoms with Crippen molar-refractivity contribution in [3.05, 3.63) is 0 Å². The largest absolute Gasteiger partial charge is 0.382 e. The van der Waals surface area contributed by atoms with Gasteiger partial charge in [-0.2, -0.15) is 0 Å². The first-order valence-electron chi connectivity index (χ1n) is 7.86. The van der Waals surface area contributed by atoms with E-state index in [1.54, 1.807) is 0 Å². The highest BCUT2D eigenvalue weighted by Crippen LogP contribution is 2.41. The Labute approximate surface area is 141 Å². The Hall–Kier alpha value is -0.0400. The molecule has 0 radical (unpaired) electrons. The molecular weight excluding hydrogens is 365 g/mol. The van der Waals surface area contributed by atoms with Gasteiger partial charge >= 0.3 is 0 Å². The number of hydrogen-bond acceptors (Lipinski definition) is 2. The van der Waals surface area contributed by atoms with Crippen molar-refractivity contribution in [1.82, 2.24) is 10.6 Å². The standard InChI is InChI=1S/C15H31N3O.HI/c1-4-16-14(17-5-2)18-13-15(9-7-8-10-15)11-12-19-6-3;/h4-13H2,1-3H3,(H2,16,17,18);1H. The van der Waals surface area contributed by atoms with Crippen LogP contribution in [0.15, 0.2) is 4.99 Å². The molecule has 0 spiro atoms. The van der Waals surface area contributed by atoms with E-state index in [0.717, 1.165) is 45.2 Å². The zero-order chi connectivity index (χ0) is 14.0. The Balaban J connectivity index is 0.00000361. The van der Waals surface area contributed by atoms with Crippen molar-refractivity contribution in [2.24, 2.45) is 10.4 Å². The fourth-order valence-corrected chi connectivity index (χ4v) is 2.80. The minimum absolute atomic E-state index is 0. The third kappa shape index (κ3) is 7.11. The van der Waals surface area contributed by atoms with E-state index in [-0.39, 0.29) is 24.0 Å². The first-order chi connectivity index (χ1) is 9.26. The van der Waals surface area contributed by atoms with Gasteiger partial charge in [-0.15, -0.1) is 24.0 Å². The van der Waals surface area contributed by atoms with E-state index in [0.29, 0.717) is 5.41 Å². The van der Waals surface area contributed by atoms with Crippen molar-refractivity contribution in [2.75, 3.05) is 32.8 Å². The molecule has 1 rings (SSSR count). The summed E-state index contributed by atoms with van der Waals surface area (Å²) >= 11 is 0. The van der Waals surface area contributed by atoms with Gasteiger partial charge in [-0.3, -0.25) is 4.99 Å². The van der Waals surface area contributed by atoms with Gasteiger partial charge in [0.1, 0.15) is 0 Å². The van der Waals surface area contributed by atoms with Gasteiger partial charge in [0, 0.05) is 32.8 Å². The van der Waals surface area contributed by atoms with Gasteiger partial charge in [0.25, 0.3) is 0 Å². The predicted molar refractivity (Wildman–Crippen MR) is 97.1 cm³/mol. The second-order valence-corrected chi connectivity index (χ2v) is 5.38. The molecule has 120 valence electrons. The zero-order valence-corrected chi connectivity index (χ0v) is 15.7. The lowest BCUT2D eigenvalue weighted by atomic mass is 9.83. The molecule has 0 atom stereocenters. The van der Waals surface area contributed by atoms with E-state index in [1.165, 1.54) is 25.7 Å². The quantitative estimate of drug-likeness (QED) is 0.286. The van der Waals surface area contributed by atoms with Gasteiger partial charge in [0.05, 0.1) is 0 Å². The van der Waals surface area contributed by atoms with Crippen LogP contribution >= 0.6 is 24.0 Å². The Kier molecular flexibility index (Phi) is 11.6. The number of nitrogens with one attached hydrogen (secondary N) is 2. The summed E-state index contributed by atoms with van der Waals surface area (Å²) in [7, 11) is 0. The summed E-state index contributed by atoms with van der Waals surface area (Å²) in [6, 6.07) is 0. The average Bonchev–Trinajstić information content (AvgIpc) is 2.86. The van der Waals surface area contributed by atoms with Crippen LogP contribution in [0.25, 0.3) is 0 Å². The number of aliphatic imine (C=N–C) groups is 1. The topological polar surface area (TPSA) is 45.7 Å². The van der Waals surface area contributed by atoms with Gasteiger partial charge in [-0.25, -0.2) is 0 Å². The smallest absolute Gasteiger partial charge is 0.191 e. The Bertz CT molecular complexity index is 258. The van der Waals surface area contributed by atoms with Crippen molar-refractivity contribution < 1.29 is 4.74 Å². The highest BCUT2D eigenvalue weighted by molar-refractivity contribution is 14.0. The first kappa shape index (κ1) is 20.0. The van der Waals surface area contributed by atoms with Crippen molar-refractivity contribution in [3.8, 4) is 0 Å². The molecule has 0 aromatic carbocycles. The highest BCUT2D eigenvalue weighted by Gasteiger charge is 2.33. The van der Waals surface area contributed by atoms with Crippen molar-refractivity contribution in [3.63, 3.8) is 0 Å². The summed E-state index contributed by atoms with van der Waals surface area (Å²) < 4.78 is 5.54. The number of rotatable bonds is 8. The molecule has 4 nitrogen and oxygen atoms in total. The van der Waals surface area contributed by atoms with Crippen LogP contribution in [-0.2, 0) is 4.74 Å². The molecule has 0 aliphatic heterocycles. The van der Waals surface area contributed by atoms with E-state index < -0.39 is 0 Å². The summed E-state index contributed by atoms with van der Waals surface area (Å²) in [6.07, 6.45) is 6.44. The molecule has 1 aliphatic carbocycles. The molecule has 2 N–H and O–H groups in total. The summed E-state index contributed by atoms with van der Waals surface area (Å²) in [4.78, 5) is 4.77. The summed E-state index contributed by atoms with van der Waals surface area (Å²) in [5, 5.41) is 6.60. The zero-order valence-electron chi connectivity index (χ0n) is 13.3. The van der Waals surface area contributed by atoms with Crippen LogP contribution in [0, 0.1) is 5.41 Å². The second-order valence-electron chi connectivity index (χ2n) is 5.38. The van der Waals surface area contributed by atoms with Crippen LogP contribution < -0.4 is 10.6 Å². The second kappa shape index (κ2) is 11.6. The molecule has 0 aromatic heterocycles. The number of guanidine groups is 1. The number of ether oxygens (including phenoxy) is 1. The molecule has 0 amide bonds. The van der Waals surface area contributed by atoms with Crippen molar-refractivity contribution in [2.45, 2.75) is 52.9 Å². The normalized spacial score (nSPS) is 16.4. The van der Waals surface area contributed by atoms with Gasteiger partial charge in [-0.1, -0.05) is 12.8 Å². The molecule has 1 aliphatic rings. The lowest BCUT2D eigenvalue weighted by Crippen LogP contribution is -2.38. The Morgan fingerprint density at radius 3 is 2.20 bits per heavy atom. The molecule has 0 bridgehead atoms. The van der Waals surface area contributed by atoms with Gasteiger partial charge in [-0.05, 0) is 45.4 Å². The van der Waals surface area contributed by atoms with E-state index >= 15 is 0 Å². The van der Waals surface area contributed by atoms with Crippen LogP contribution in [0.2, 0.25) is 0 Å². The van der Waals surface area contributed by atoms with E-state index in [2.05, 4.69) is 31.4 Å². The number of halogens is 1. The maximum absolute atomic E-state index is 5.54. The molecule has 5 heteroatoms. The van der Waals surface area contributed by atoms with Crippen LogP contribution in [-0.4, -0.2) is 38.8 Å². The minimum atomic E-state index is 0. The number of hydrogen-bond donors (Lipinski definition) is 2. The minimum Gasteiger partial charge on any atom is -0.382 e. The van der Waals surface area contributed by atoms with E-state index in [1.807, 2.05) is 0 Å². The van der Waals surface area contributed by atoms with Gasteiger partial charge in [0.2, 0.25) is 0 Å². The fraction of sp³-hybridized carbons (Fsp3) is 0.933. The van der Waals surface area contributed by atoms with E-state index in [9.17, 15) is 0 Å².